The predicted octanol–water partition coefficient (Wildman–Crippen LogP) is 0.972. The van der Waals surface area contributed by atoms with E-state index in [1.165, 1.54) is 0 Å². The SMILES string of the molecule is CNc1nc(C)nc(Cl)c1CO. The van der Waals surface area contributed by atoms with Crippen LogP contribution in [0.3, 0.4) is 0 Å². The fourth-order valence-corrected chi connectivity index (χ4v) is 1.18. The second-order valence-corrected chi connectivity index (χ2v) is 2.65. The third-order valence-corrected chi connectivity index (χ3v) is 1.78. The lowest BCUT2D eigenvalue weighted by Crippen LogP contribution is -2.03. The molecule has 4 nitrogen and oxygen atoms in total. The summed E-state index contributed by atoms with van der Waals surface area (Å²) in [6.45, 7) is 1.59. The lowest BCUT2D eigenvalue weighted by molar-refractivity contribution is 0.281. The Morgan fingerprint density at radius 2 is 2.17 bits per heavy atom. The van der Waals surface area contributed by atoms with Crippen LogP contribution < -0.4 is 5.32 Å². The van der Waals surface area contributed by atoms with Gasteiger partial charge in [-0.2, -0.15) is 0 Å². The number of aryl methyl sites for hydroxylation is 1. The molecule has 0 saturated heterocycles. The molecule has 0 fully saturated rings. The van der Waals surface area contributed by atoms with Crippen molar-refractivity contribution in [1.29, 1.82) is 0 Å². The molecule has 2 N–H and O–H groups in total. The van der Waals surface area contributed by atoms with Crippen LogP contribution in [0.15, 0.2) is 0 Å². The quantitative estimate of drug-likeness (QED) is 0.678. The van der Waals surface area contributed by atoms with Gasteiger partial charge >= 0.3 is 0 Å². The molecule has 0 atom stereocenters. The summed E-state index contributed by atoms with van der Waals surface area (Å²) in [7, 11) is 1.72. The second-order valence-electron chi connectivity index (χ2n) is 2.30. The van der Waals surface area contributed by atoms with Crippen molar-refractivity contribution < 1.29 is 5.11 Å². The van der Waals surface area contributed by atoms with Gasteiger partial charge < -0.3 is 10.4 Å². The molecule has 0 bridgehead atoms. The van der Waals surface area contributed by atoms with Gasteiger partial charge in [-0.05, 0) is 6.92 Å². The molecule has 0 aliphatic carbocycles. The minimum Gasteiger partial charge on any atom is -0.391 e. The first kappa shape index (κ1) is 9.22. The Morgan fingerprint density at radius 1 is 1.50 bits per heavy atom. The molecule has 1 aromatic heterocycles. The predicted molar refractivity (Wildman–Crippen MR) is 47.2 cm³/mol. The van der Waals surface area contributed by atoms with E-state index in [2.05, 4.69) is 15.3 Å². The standard InChI is InChI=1S/C7H10ClN3O/c1-4-10-6(8)5(3-12)7(9-2)11-4/h12H,3H2,1-2H3,(H,9,10,11). The Balaban J connectivity index is 3.24. The Kier molecular flexibility index (Phi) is 2.83. The molecule has 0 aliphatic rings. The van der Waals surface area contributed by atoms with E-state index >= 15 is 0 Å². The number of nitrogens with zero attached hydrogens (tertiary/aromatic N) is 2. The fraction of sp³-hybridized carbons (Fsp3) is 0.429. The van der Waals surface area contributed by atoms with Gasteiger partial charge in [-0.15, -0.1) is 0 Å². The molecule has 0 radical (unpaired) electrons. The molecule has 0 unspecified atom stereocenters. The van der Waals surface area contributed by atoms with E-state index in [-0.39, 0.29) is 6.61 Å². The van der Waals surface area contributed by atoms with Crippen LogP contribution in [0.5, 0.6) is 0 Å². The summed E-state index contributed by atoms with van der Waals surface area (Å²) in [4.78, 5) is 7.96. The van der Waals surface area contributed by atoms with Crippen molar-refractivity contribution in [3.63, 3.8) is 0 Å². The molecule has 0 spiro atoms. The van der Waals surface area contributed by atoms with E-state index in [9.17, 15) is 0 Å². The minimum atomic E-state index is -0.157. The van der Waals surface area contributed by atoms with Gasteiger partial charge in [0.25, 0.3) is 0 Å². The minimum absolute atomic E-state index is 0.157. The maximum atomic E-state index is 8.92. The van der Waals surface area contributed by atoms with Crippen LogP contribution in [-0.2, 0) is 6.61 Å². The molecule has 66 valence electrons. The highest BCUT2D eigenvalue weighted by Crippen LogP contribution is 2.20. The Morgan fingerprint density at radius 3 is 2.67 bits per heavy atom. The number of hydrogen-bond donors (Lipinski definition) is 2. The Hall–Kier alpha value is -0.870. The number of nitrogens with one attached hydrogen (secondary N) is 1. The van der Waals surface area contributed by atoms with Crippen molar-refractivity contribution in [1.82, 2.24) is 9.97 Å². The summed E-state index contributed by atoms with van der Waals surface area (Å²) >= 11 is 5.76. The summed E-state index contributed by atoms with van der Waals surface area (Å²) in [5.41, 5.74) is 0.532. The average Bonchev–Trinajstić information content (AvgIpc) is 2.03. The van der Waals surface area contributed by atoms with Crippen LogP contribution in [0.25, 0.3) is 0 Å². The highest BCUT2D eigenvalue weighted by molar-refractivity contribution is 6.30. The zero-order valence-electron chi connectivity index (χ0n) is 6.93. The molecular weight excluding hydrogens is 178 g/mol. The molecule has 1 rings (SSSR count). The monoisotopic (exact) mass is 187 g/mol. The highest BCUT2D eigenvalue weighted by Gasteiger charge is 2.08. The molecule has 0 aromatic carbocycles. The van der Waals surface area contributed by atoms with E-state index in [1.807, 2.05) is 0 Å². The number of aliphatic hydroxyl groups excluding tert-OH is 1. The van der Waals surface area contributed by atoms with Crippen molar-refractivity contribution in [3.8, 4) is 0 Å². The number of anilines is 1. The van der Waals surface area contributed by atoms with Crippen LogP contribution in [0.4, 0.5) is 5.82 Å². The smallest absolute Gasteiger partial charge is 0.140 e. The number of hydrogen-bond acceptors (Lipinski definition) is 4. The third kappa shape index (κ3) is 1.65. The van der Waals surface area contributed by atoms with E-state index in [1.54, 1.807) is 14.0 Å². The van der Waals surface area contributed by atoms with Gasteiger partial charge in [0, 0.05) is 7.05 Å². The number of aromatic nitrogens is 2. The summed E-state index contributed by atoms with van der Waals surface area (Å²) in [6, 6.07) is 0. The molecule has 5 heteroatoms. The van der Waals surface area contributed by atoms with E-state index in [0.717, 1.165) is 0 Å². The average molecular weight is 188 g/mol. The van der Waals surface area contributed by atoms with Crippen LogP contribution >= 0.6 is 11.6 Å². The highest BCUT2D eigenvalue weighted by atomic mass is 35.5. The molecule has 0 amide bonds. The Bertz CT molecular complexity index is 290. The van der Waals surface area contributed by atoms with Crippen molar-refractivity contribution in [2.24, 2.45) is 0 Å². The molecule has 1 heterocycles. The summed E-state index contributed by atoms with van der Waals surface area (Å²) < 4.78 is 0. The van der Waals surface area contributed by atoms with Crippen LogP contribution in [0.1, 0.15) is 11.4 Å². The van der Waals surface area contributed by atoms with Gasteiger partial charge in [0.2, 0.25) is 0 Å². The molecule has 1 aromatic rings. The largest absolute Gasteiger partial charge is 0.391 e. The normalized spacial score (nSPS) is 10.0. The topological polar surface area (TPSA) is 58.0 Å². The molecule has 0 saturated carbocycles. The summed E-state index contributed by atoms with van der Waals surface area (Å²) in [6.07, 6.45) is 0. The van der Waals surface area contributed by atoms with Gasteiger partial charge in [-0.25, -0.2) is 9.97 Å². The first-order valence-corrected chi connectivity index (χ1v) is 3.88. The van der Waals surface area contributed by atoms with E-state index in [4.69, 9.17) is 16.7 Å². The summed E-state index contributed by atoms with van der Waals surface area (Å²) in [5.74, 6) is 1.16. The van der Waals surface area contributed by atoms with Crippen molar-refractivity contribution >= 4 is 17.4 Å². The van der Waals surface area contributed by atoms with Crippen molar-refractivity contribution in [3.05, 3.63) is 16.5 Å². The number of rotatable bonds is 2. The Labute approximate surface area is 75.6 Å². The second kappa shape index (κ2) is 3.69. The van der Waals surface area contributed by atoms with Crippen LogP contribution in [0.2, 0.25) is 5.15 Å². The maximum Gasteiger partial charge on any atom is 0.140 e. The van der Waals surface area contributed by atoms with Crippen LogP contribution in [0, 0.1) is 6.92 Å². The van der Waals surface area contributed by atoms with Crippen LogP contribution in [-0.4, -0.2) is 22.1 Å². The molecule has 0 aliphatic heterocycles. The van der Waals surface area contributed by atoms with Gasteiger partial charge in [0.1, 0.15) is 16.8 Å². The maximum absolute atomic E-state index is 8.92. The first-order valence-electron chi connectivity index (χ1n) is 3.50. The van der Waals surface area contributed by atoms with E-state index in [0.29, 0.717) is 22.4 Å². The summed E-state index contributed by atoms with van der Waals surface area (Å²) in [5, 5.41) is 12.0. The molecule has 12 heavy (non-hydrogen) atoms. The fourth-order valence-electron chi connectivity index (χ4n) is 0.908. The van der Waals surface area contributed by atoms with Gasteiger partial charge in [0.05, 0.1) is 12.2 Å². The number of halogens is 1. The van der Waals surface area contributed by atoms with Crippen molar-refractivity contribution in [2.45, 2.75) is 13.5 Å². The zero-order chi connectivity index (χ0) is 9.14. The van der Waals surface area contributed by atoms with E-state index < -0.39 is 0 Å². The third-order valence-electron chi connectivity index (χ3n) is 1.46. The lowest BCUT2D eigenvalue weighted by Gasteiger charge is -2.07. The zero-order valence-corrected chi connectivity index (χ0v) is 7.68. The van der Waals surface area contributed by atoms with Crippen molar-refractivity contribution in [2.75, 3.05) is 12.4 Å². The number of aliphatic hydroxyl groups is 1. The van der Waals surface area contributed by atoms with Gasteiger partial charge in [0.15, 0.2) is 0 Å². The van der Waals surface area contributed by atoms with Gasteiger partial charge in [-0.1, -0.05) is 11.6 Å². The molecular formula is C7H10ClN3O. The lowest BCUT2D eigenvalue weighted by atomic mass is 10.3. The first-order chi connectivity index (χ1) is 5.69. The van der Waals surface area contributed by atoms with Gasteiger partial charge in [-0.3, -0.25) is 0 Å².